The molecule has 5 rings (SSSR count). The van der Waals surface area contributed by atoms with E-state index in [2.05, 4.69) is 21.0 Å². The summed E-state index contributed by atoms with van der Waals surface area (Å²) >= 11 is 3.47. The number of para-hydroxylation sites is 1. The zero-order valence-corrected chi connectivity index (χ0v) is 20.7. The zero-order chi connectivity index (χ0) is 25.1. The molecule has 178 valence electrons. The van der Waals surface area contributed by atoms with Crippen molar-refractivity contribution in [3.8, 4) is 29.2 Å². The molecule has 0 saturated carbocycles. The number of hydrogen-bond acceptors (Lipinski definition) is 7. The van der Waals surface area contributed by atoms with E-state index in [1.807, 2.05) is 43.3 Å². The van der Waals surface area contributed by atoms with Crippen molar-refractivity contribution >= 4 is 44.0 Å². The highest BCUT2D eigenvalue weighted by Gasteiger charge is 2.16. The summed E-state index contributed by atoms with van der Waals surface area (Å²) in [6.45, 7) is 2.18. The van der Waals surface area contributed by atoms with Crippen molar-refractivity contribution in [1.29, 1.82) is 5.26 Å². The van der Waals surface area contributed by atoms with Crippen LogP contribution in [0.4, 0.5) is 0 Å². The molecule has 0 unspecified atom stereocenters. The third-order valence-corrected chi connectivity index (χ3v) is 5.83. The second kappa shape index (κ2) is 10.1. The van der Waals surface area contributed by atoms with Gasteiger partial charge in [-0.15, -0.1) is 0 Å². The molecule has 2 heterocycles. The van der Waals surface area contributed by atoms with Gasteiger partial charge in [-0.1, -0.05) is 28.1 Å². The highest BCUT2D eigenvalue weighted by Crippen LogP contribution is 2.30. The van der Waals surface area contributed by atoms with Gasteiger partial charge in [-0.05, 0) is 67.1 Å². The number of aromatic nitrogens is 2. The van der Waals surface area contributed by atoms with Crippen molar-refractivity contribution < 1.29 is 13.9 Å². The number of hydrogen-bond donors (Lipinski definition) is 0. The van der Waals surface area contributed by atoms with Crippen LogP contribution in [0.3, 0.4) is 0 Å². The van der Waals surface area contributed by atoms with E-state index in [9.17, 15) is 4.79 Å². The maximum atomic E-state index is 13.4. The van der Waals surface area contributed by atoms with Crippen LogP contribution in [0.1, 0.15) is 12.5 Å². The van der Waals surface area contributed by atoms with Crippen molar-refractivity contribution in [2.75, 3.05) is 13.2 Å². The molecule has 0 aliphatic carbocycles. The Labute approximate surface area is 214 Å². The predicted octanol–water partition coefficient (Wildman–Crippen LogP) is 5.76. The minimum Gasteiger partial charge on any atom is -0.490 e. The molecule has 0 saturated heterocycles. The summed E-state index contributed by atoms with van der Waals surface area (Å²) in [5, 5.41) is 14.6. The Hall–Kier alpha value is -4.42. The van der Waals surface area contributed by atoms with Crippen LogP contribution in [-0.2, 0) is 0 Å². The van der Waals surface area contributed by atoms with E-state index in [4.69, 9.17) is 24.1 Å². The monoisotopic (exact) mass is 542 g/mol. The number of furan rings is 1. The molecule has 0 bridgehead atoms. The third-order valence-electron chi connectivity index (χ3n) is 5.33. The number of ether oxygens (including phenoxy) is 2. The van der Waals surface area contributed by atoms with Gasteiger partial charge in [0.05, 0.1) is 23.7 Å². The van der Waals surface area contributed by atoms with Gasteiger partial charge in [0, 0.05) is 9.86 Å². The molecular formula is C27H19BrN4O4. The van der Waals surface area contributed by atoms with E-state index < -0.39 is 0 Å². The number of nitriles is 1. The fourth-order valence-electron chi connectivity index (χ4n) is 3.74. The number of benzene rings is 3. The fourth-order valence-corrected chi connectivity index (χ4v) is 4.12. The van der Waals surface area contributed by atoms with Crippen molar-refractivity contribution in [2.45, 2.75) is 6.92 Å². The highest BCUT2D eigenvalue weighted by molar-refractivity contribution is 9.10. The smallest absolute Gasteiger partial charge is 0.282 e. The molecule has 9 heteroatoms. The van der Waals surface area contributed by atoms with Gasteiger partial charge in [-0.2, -0.15) is 15.0 Å². The second-order valence-corrected chi connectivity index (χ2v) is 8.61. The first kappa shape index (κ1) is 23.3. The van der Waals surface area contributed by atoms with Gasteiger partial charge in [0.1, 0.15) is 11.7 Å². The Morgan fingerprint density at radius 3 is 2.81 bits per heavy atom. The summed E-state index contributed by atoms with van der Waals surface area (Å²) in [7, 11) is 0. The van der Waals surface area contributed by atoms with Gasteiger partial charge < -0.3 is 13.9 Å². The second-order valence-electron chi connectivity index (χ2n) is 7.69. The van der Waals surface area contributed by atoms with Crippen molar-refractivity contribution in [2.24, 2.45) is 5.10 Å². The maximum absolute atomic E-state index is 13.4. The molecule has 5 aromatic rings. The Kier molecular flexibility index (Phi) is 6.52. The number of fused-ring (bicyclic) bond motifs is 2. The van der Waals surface area contributed by atoms with Crippen molar-refractivity contribution in [1.82, 2.24) is 9.66 Å². The van der Waals surface area contributed by atoms with Crippen LogP contribution in [0.25, 0.3) is 33.5 Å². The lowest BCUT2D eigenvalue weighted by Gasteiger charge is -2.11. The summed E-state index contributed by atoms with van der Waals surface area (Å²) < 4.78 is 19.3. The zero-order valence-electron chi connectivity index (χ0n) is 19.1. The Balaban J connectivity index is 1.63. The lowest BCUT2D eigenvalue weighted by Crippen LogP contribution is -2.20. The molecule has 0 spiro atoms. The quantitative estimate of drug-likeness (QED) is 0.242. The average molecular weight is 543 g/mol. The lowest BCUT2D eigenvalue weighted by atomic mass is 10.2. The van der Waals surface area contributed by atoms with E-state index in [-0.39, 0.29) is 18.0 Å². The van der Waals surface area contributed by atoms with Gasteiger partial charge in [-0.25, -0.2) is 4.98 Å². The van der Waals surface area contributed by atoms with Crippen LogP contribution >= 0.6 is 15.9 Å². The minimum absolute atomic E-state index is 0.0942. The van der Waals surface area contributed by atoms with Crippen molar-refractivity contribution in [3.63, 3.8) is 0 Å². The van der Waals surface area contributed by atoms with Gasteiger partial charge in [0.25, 0.3) is 5.56 Å². The maximum Gasteiger partial charge on any atom is 0.282 e. The van der Waals surface area contributed by atoms with Gasteiger partial charge >= 0.3 is 0 Å². The van der Waals surface area contributed by atoms with Gasteiger partial charge in [-0.3, -0.25) is 4.79 Å². The van der Waals surface area contributed by atoms with Crippen molar-refractivity contribution in [3.05, 3.63) is 87.1 Å². The lowest BCUT2D eigenvalue weighted by molar-refractivity contribution is 0.298. The number of nitrogens with zero attached hydrogens (tertiary/aromatic N) is 4. The summed E-state index contributed by atoms with van der Waals surface area (Å²) in [4.78, 5) is 18.1. The molecule has 0 aliphatic rings. The van der Waals surface area contributed by atoms with Crippen LogP contribution in [0.2, 0.25) is 0 Å². The summed E-state index contributed by atoms with van der Waals surface area (Å²) in [5.74, 6) is 1.62. The number of halogens is 1. The molecule has 0 fully saturated rings. The summed E-state index contributed by atoms with van der Waals surface area (Å²) in [5.41, 5.74) is 1.55. The Morgan fingerprint density at radius 1 is 1.11 bits per heavy atom. The predicted molar refractivity (Wildman–Crippen MR) is 141 cm³/mol. The van der Waals surface area contributed by atoms with E-state index in [0.717, 1.165) is 9.86 Å². The first-order valence-electron chi connectivity index (χ1n) is 11.1. The highest BCUT2D eigenvalue weighted by atomic mass is 79.9. The summed E-state index contributed by atoms with van der Waals surface area (Å²) in [6, 6.07) is 21.7. The first-order chi connectivity index (χ1) is 17.6. The van der Waals surface area contributed by atoms with Crippen LogP contribution in [0.15, 0.2) is 85.5 Å². The van der Waals surface area contributed by atoms with Crippen LogP contribution in [-0.4, -0.2) is 29.1 Å². The summed E-state index contributed by atoms with van der Waals surface area (Å²) in [6.07, 6.45) is 1.54. The SMILES string of the molecule is CCOc1cc(C=Nn2c(-c3cc4cc(Br)ccc4o3)nc3ccccc3c2=O)ccc1OCC#N. The van der Waals surface area contributed by atoms with E-state index >= 15 is 0 Å². The molecule has 0 amide bonds. The molecular weight excluding hydrogens is 524 g/mol. The largest absolute Gasteiger partial charge is 0.490 e. The normalized spacial score (nSPS) is 11.2. The van der Waals surface area contributed by atoms with E-state index in [0.29, 0.717) is 45.9 Å². The first-order valence-corrected chi connectivity index (χ1v) is 11.9. The molecule has 0 radical (unpaired) electrons. The minimum atomic E-state index is -0.326. The molecule has 0 atom stereocenters. The molecule has 0 aliphatic heterocycles. The van der Waals surface area contributed by atoms with Crippen LogP contribution in [0.5, 0.6) is 11.5 Å². The Morgan fingerprint density at radius 2 is 1.97 bits per heavy atom. The molecule has 8 nitrogen and oxygen atoms in total. The van der Waals surface area contributed by atoms with E-state index in [1.165, 1.54) is 10.9 Å². The standard InChI is InChI=1S/C27H19BrN4O4/c1-2-34-24-13-17(7-9-23(24)35-12-11-29)16-30-32-26(31-21-6-4-3-5-20(21)27(32)33)25-15-18-14-19(28)8-10-22(18)36-25/h3-10,13-16H,2,12H2,1H3. The topological polar surface area (TPSA) is 103 Å². The fraction of sp³-hybridized carbons (Fsp3) is 0.111. The Bertz CT molecular complexity index is 1720. The van der Waals surface area contributed by atoms with Gasteiger partial charge in [0.15, 0.2) is 23.9 Å². The van der Waals surface area contributed by atoms with Gasteiger partial charge in [0.2, 0.25) is 5.82 Å². The average Bonchev–Trinajstić information content (AvgIpc) is 3.31. The molecule has 3 aromatic carbocycles. The van der Waals surface area contributed by atoms with Crippen LogP contribution < -0.4 is 15.0 Å². The molecule has 36 heavy (non-hydrogen) atoms. The number of rotatable bonds is 7. The molecule has 2 aromatic heterocycles. The third kappa shape index (κ3) is 4.59. The van der Waals surface area contributed by atoms with E-state index in [1.54, 1.807) is 36.4 Å². The van der Waals surface area contributed by atoms with Crippen LogP contribution in [0, 0.1) is 11.3 Å². The molecule has 0 N–H and O–H groups in total.